The zero-order valence-electron chi connectivity index (χ0n) is 12.4. The van der Waals surface area contributed by atoms with E-state index in [1.54, 1.807) is 12.1 Å². The quantitative estimate of drug-likeness (QED) is 0.588. The number of para-hydroxylation sites is 2. The molecule has 1 heterocycles. The van der Waals surface area contributed by atoms with Crippen molar-refractivity contribution in [3.05, 3.63) is 34.4 Å². The SMILES string of the molecule is O=C(COc1ccccc1[N+](=O)[O-])NCCC1CCCNC1. The van der Waals surface area contributed by atoms with Gasteiger partial charge in [-0.15, -0.1) is 0 Å². The third-order valence-corrected chi connectivity index (χ3v) is 3.69. The summed E-state index contributed by atoms with van der Waals surface area (Å²) in [6, 6.07) is 6.03. The van der Waals surface area contributed by atoms with Crippen molar-refractivity contribution in [3.63, 3.8) is 0 Å². The van der Waals surface area contributed by atoms with Crippen molar-refractivity contribution in [1.82, 2.24) is 10.6 Å². The predicted octanol–water partition coefficient (Wildman–Crippen LogP) is 1.48. The average Bonchev–Trinajstić information content (AvgIpc) is 2.54. The van der Waals surface area contributed by atoms with Crippen molar-refractivity contribution in [2.45, 2.75) is 19.3 Å². The predicted molar refractivity (Wildman–Crippen MR) is 81.8 cm³/mol. The van der Waals surface area contributed by atoms with E-state index in [0.717, 1.165) is 19.5 Å². The van der Waals surface area contributed by atoms with Crippen LogP contribution < -0.4 is 15.4 Å². The molecule has 1 amide bonds. The molecule has 1 atom stereocenters. The average molecular weight is 307 g/mol. The molecule has 22 heavy (non-hydrogen) atoms. The number of nitro benzene ring substituents is 1. The van der Waals surface area contributed by atoms with Gasteiger partial charge in [0.15, 0.2) is 12.4 Å². The summed E-state index contributed by atoms with van der Waals surface area (Å²) in [6.07, 6.45) is 3.30. The van der Waals surface area contributed by atoms with Gasteiger partial charge in [-0.2, -0.15) is 0 Å². The van der Waals surface area contributed by atoms with Gasteiger partial charge in [0.1, 0.15) is 0 Å². The third kappa shape index (κ3) is 5.00. The van der Waals surface area contributed by atoms with Crippen LogP contribution in [-0.2, 0) is 4.79 Å². The molecule has 1 saturated heterocycles. The van der Waals surface area contributed by atoms with Crippen LogP contribution in [0, 0.1) is 16.0 Å². The summed E-state index contributed by atoms with van der Waals surface area (Å²) >= 11 is 0. The van der Waals surface area contributed by atoms with E-state index < -0.39 is 4.92 Å². The number of nitrogens with zero attached hydrogens (tertiary/aromatic N) is 1. The molecule has 1 aromatic carbocycles. The fourth-order valence-corrected chi connectivity index (χ4v) is 2.51. The van der Waals surface area contributed by atoms with Crippen LogP contribution in [0.4, 0.5) is 5.69 Å². The number of amides is 1. The van der Waals surface area contributed by atoms with Gasteiger partial charge in [0, 0.05) is 12.6 Å². The Labute approximate surface area is 129 Å². The fraction of sp³-hybridized carbons (Fsp3) is 0.533. The molecule has 1 aliphatic heterocycles. The molecule has 1 aromatic rings. The number of hydrogen-bond donors (Lipinski definition) is 2. The Morgan fingerprint density at radius 2 is 2.27 bits per heavy atom. The van der Waals surface area contributed by atoms with Gasteiger partial charge in [0.25, 0.3) is 5.91 Å². The van der Waals surface area contributed by atoms with Crippen LogP contribution in [0.3, 0.4) is 0 Å². The Morgan fingerprint density at radius 1 is 1.45 bits per heavy atom. The van der Waals surface area contributed by atoms with E-state index >= 15 is 0 Å². The van der Waals surface area contributed by atoms with E-state index in [0.29, 0.717) is 12.5 Å². The van der Waals surface area contributed by atoms with Gasteiger partial charge in [0.2, 0.25) is 0 Å². The first kappa shape index (κ1) is 16.2. The molecule has 1 fully saturated rings. The zero-order valence-corrected chi connectivity index (χ0v) is 12.4. The number of hydrogen-bond acceptors (Lipinski definition) is 5. The highest BCUT2D eigenvalue weighted by molar-refractivity contribution is 5.77. The number of nitrogens with one attached hydrogen (secondary N) is 2. The summed E-state index contributed by atoms with van der Waals surface area (Å²) in [7, 11) is 0. The Bertz CT molecular complexity index is 515. The molecule has 7 heteroatoms. The van der Waals surface area contributed by atoms with Crippen LogP contribution in [0.25, 0.3) is 0 Å². The van der Waals surface area contributed by atoms with Gasteiger partial charge in [-0.25, -0.2) is 0 Å². The molecule has 0 aromatic heterocycles. The molecule has 0 bridgehead atoms. The van der Waals surface area contributed by atoms with Crippen LogP contribution in [0.15, 0.2) is 24.3 Å². The lowest BCUT2D eigenvalue weighted by atomic mass is 9.96. The number of benzene rings is 1. The highest BCUT2D eigenvalue weighted by atomic mass is 16.6. The lowest BCUT2D eigenvalue weighted by Gasteiger charge is -2.22. The normalized spacial score (nSPS) is 17.7. The van der Waals surface area contributed by atoms with E-state index in [4.69, 9.17) is 4.74 Å². The summed E-state index contributed by atoms with van der Waals surface area (Å²) in [5.41, 5.74) is -0.136. The van der Waals surface area contributed by atoms with Crippen molar-refractivity contribution in [3.8, 4) is 5.75 Å². The topological polar surface area (TPSA) is 93.5 Å². The van der Waals surface area contributed by atoms with Crippen LogP contribution in [0.1, 0.15) is 19.3 Å². The molecule has 1 aliphatic rings. The third-order valence-electron chi connectivity index (χ3n) is 3.69. The summed E-state index contributed by atoms with van der Waals surface area (Å²) in [6.45, 7) is 2.47. The smallest absolute Gasteiger partial charge is 0.310 e. The Kier molecular flexibility index (Phi) is 6.14. The maximum Gasteiger partial charge on any atom is 0.310 e. The van der Waals surface area contributed by atoms with Gasteiger partial charge in [0.05, 0.1) is 4.92 Å². The fourth-order valence-electron chi connectivity index (χ4n) is 2.51. The molecular weight excluding hydrogens is 286 g/mol. The van der Waals surface area contributed by atoms with E-state index in [2.05, 4.69) is 10.6 Å². The van der Waals surface area contributed by atoms with Gasteiger partial charge in [-0.3, -0.25) is 14.9 Å². The Morgan fingerprint density at radius 3 is 3.00 bits per heavy atom. The maximum atomic E-state index is 11.7. The minimum Gasteiger partial charge on any atom is -0.477 e. The Hall–Kier alpha value is -2.15. The number of ether oxygens (including phenoxy) is 1. The van der Waals surface area contributed by atoms with Crippen molar-refractivity contribution in [2.24, 2.45) is 5.92 Å². The first-order chi connectivity index (χ1) is 10.7. The molecule has 0 aliphatic carbocycles. The number of rotatable bonds is 7. The summed E-state index contributed by atoms with van der Waals surface area (Å²) in [5.74, 6) is 0.450. The first-order valence-electron chi connectivity index (χ1n) is 7.50. The maximum absolute atomic E-state index is 11.7. The number of carbonyl (C=O) groups excluding carboxylic acids is 1. The molecular formula is C15H21N3O4. The molecule has 7 nitrogen and oxygen atoms in total. The second kappa shape index (κ2) is 8.33. The van der Waals surface area contributed by atoms with E-state index in [1.165, 1.54) is 25.0 Å². The second-order valence-corrected chi connectivity index (χ2v) is 5.36. The van der Waals surface area contributed by atoms with E-state index in [1.807, 2.05) is 0 Å². The lowest BCUT2D eigenvalue weighted by Crippen LogP contribution is -2.34. The summed E-state index contributed by atoms with van der Waals surface area (Å²) in [4.78, 5) is 22.0. The molecule has 2 rings (SSSR count). The Balaban J connectivity index is 1.70. The zero-order chi connectivity index (χ0) is 15.8. The second-order valence-electron chi connectivity index (χ2n) is 5.36. The van der Waals surface area contributed by atoms with E-state index in [9.17, 15) is 14.9 Å². The number of piperidine rings is 1. The molecule has 0 radical (unpaired) electrons. The molecule has 2 N–H and O–H groups in total. The van der Waals surface area contributed by atoms with E-state index in [-0.39, 0.29) is 24.0 Å². The van der Waals surface area contributed by atoms with Gasteiger partial charge < -0.3 is 15.4 Å². The first-order valence-corrected chi connectivity index (χ1v) is 7.50. The van der Waals surface area contributed by atoms with Crippen LogP contribution in [0.5, 0.6) is 5.75 Å². The van der Waals surface area contributed by atoms with Gasteiger partial charge in [-0.05, 0) is 44.3 Å². The molecule has 1 unspecified atom stereocenters. The van der Waals surface area contributed by atoms with Gasteiger partial charge >= 0.3 is 5.69 Å². The lowest BCUT2D eigenvalue weighted by molar-refractivity contribution is -0.385. The van der Waals surface area contributed by atoms with Gasteiger partial charge in [-0.1, -0.05) is 12.1 Å². The van der Waals surface area contributed by atoms with Crippen LogP contribution in [0.2, 0.25) is 0 Å². The minimum absolute atomic E-state index is 0.110. The van der Waals surface area contributed by atoms with Crippen molar-refractivity contribution < 1.29 is 14.5 Å². The van der Waals surface area contributed by atoms with Crippen LogP contribution in [-0.4, -0.2) is 37.1 Å². The molecule has 0 spiro atoms. The van der Waals surface area contributed by atoms with Crippen molar-refractivity contribution in [2.75, 3.05) is 26.2 Å². The molecule has 0 saturated carbocycles. The summed E-state index contributed by atoms with van der Waals surface area (Å²) < 4.78 is 5.24. The molecule has 120 valence electrons. The number of carbonyl (C=O) groups is 1. The highest BCUT2D eigenvalue weighted by Gasteiger charge is 2.15. The standard InChI is InChI=1S/C15H21N3O4/c19-15(17-9-7-12-4-3-8-16-10-12)11-22-14-6-2-1-5-13(14)18(20)21/h1-2,5-6,12,16H,3-4,7-11H2,(H,17,19). The van der Waals surface area contributed by atoms with Crippen molar-refractivity contribution >= 4 is 11.6 Å². The minimum atomic E-state index is -0.524. The summed E-state index contributed by atoms with van der Waals surface area (Å²) in [5, 5.41) is 17.0. The monoisotopic (exact) mass is 307 g/mol. The van der Waals surface area contributed by atoms with Crippen LogP contribution >= 0.6 is 0 Å². The largest absolute Gasteiger partial charge is 0.477 e. The van der Waals surface area contributed by atoms with Crippen molar-refractivity contribution in [1.29, 1.82) is 0 Å². The highest BCUT2D eigenvalue weighted by Crippen LogP contribution is 2.25. The number of nitro groups is 1.